The minimum absolute atomic E-state index is 0.156. The predicted octanol–water partition coefficient (Wildman–Crippen LogP) is 2.81. The number of anilines is 1. The van der Waals surface area contributed by atoms with Crippen LogP contribution in [0.25, 0.3) is 0 Å². The molecule has 0 bridgehead atoms. The first kappa shape index (κ1) is 15.9. The van der Waals surface area contributed by atoms with Gasteiger partial charge in [-0.15, -0.1) is 0 Å². The van der Waals surface area contributed by atoms with E-state index >= 15 is 0 Å². The van der Waals surface area contributed by atoms with Gasteiger partial charge in [-0.2, -0.15) is 0 Å². The molecule has 0 unspecified atom stereocenters. The molecule has 1 aromatic rings. The molecule has 1 aromatic carbocycles. The third kappa shape index (κ3) is 2.81. The molecule has 3 aliphatic rings. The van der Waals surface area contributed by atoms with Crippen molar-refractivity contribution in [1.82, 2.24) is 4.90 Å². The van der Waals surface area contributed by atoms with Gasteiger partial charge in [0.1, 0.15) is 0 Å². The Morgan fingerprint density at radius 1 is 1.00 bits per heavy atom. The van der Waals surface area contributed by atoms with E-state index in [4.69, 9.17) is 0 Å². The fraction of sp³-hybridized carbons (Fsp3) is 0.650. The van der Waals surface area contributed by atoms with E-state index in [1.807, 2.05) is 6.07 Å². The first-order chi connectivity index (χ1) is 11.7. The number of likely N-dealkylation sites (tertiary alicyclic amines) is 1. The number of benzene rings is 1. The molecule has 1 amide bonds. The predicted molar refractivity (Wildman–Crippen MR) is 94.9 cm³/mol. The van der Waals surface area contributed by atoms with Gasteiger partial charge in [-0.05, 0) is 57.1 Å². The van der Waals surface area contributed by atoms with Gasteiger partial charge in [0, 0.05) is 31.4 Å². The Balaban J connectivity index is 1.48. The van der Waals surface area contributed by atoms with Gasteiger partial charge in [-0.1, -0.05) is 18.2 Å². The van der Waals surface area contributed by atoms with Gasteiger partial charge >= 0.3 is 0 Å². The van der Waals surface area contributed by atoms with Crippen molar-refractivity contribution in [3.05, 3.63) is 30.3 Å². The highest BCUT2D eigenvalue weighted by atomic mass is 16.3. The van der Waals surface area contributed by atoms with Crippen molar-refractivity contribution in [2.24, 2.45) is 5.41 Å². The maximum absolute atomic E-state index is 13.3. The number of para-hydroxylation sites is 1. The maximum Gasteiger partial charge on any atom is 0.230 e. The third-order valence-corrected chi connectivity index (χ3v) is 6.35. The Morgan fingerprint density at radius 3 is 2.50 bits per heavy atom. The molecule has 4 heteroatoms. The summed E-state index contributed by atoms with van der Waals surface area (Å²) in [6, 6.07) is 10.9. The van der Waals surface area contributed by atoms with E-state index in [0.29, 0.717) is 11.9 Å². The Labute approximate surface area is 144 Å². The summed E-state index contributed by atoms with van der Waals surface area (Å²) in [4.78, 5) is 17.8. The molecular formula is C20H28N2O2. The minimum Gasteiger partial charge on any atom is -0.393 e. The van der Waals surface area contributed by atoms with Crippen LogP contribution in [0, 0.1) is 5.41 Å². The number of aliphatic hydroxyl groups is 1. The number of carbonyl (C=O) groups is 1. The van der Waals surface area contributed by atoms with E-state index in [1.54, 1.807) is 0 Å². The first-order valence-corrected chi connectivity index (χ1v) is 9.47. The van der Waals surface area contributed by atoms with Crippen molar-refractivity contribution in [1.29, 1.82) is 0 Å². The number of hydrogen-bond donors (Lipinski definition) is 1. The summed E-state index contributed by atoms with van der Waals surface area (Å²) >= 11 is 0. The van der Waals surface area contributed by atoms with Crippen molar-refractivity contribution in [2.75, 3.05) is 24.5 Å². The average Bonchev–Trinajstić information content (AvgIpc) is 2.93. The SMILES string of the molecule is O=C1N(C2CCC(O)CC2)CC[C@@]12CCCN(c1ccccc1)C2. The summed E-state index contributed by atoms with van der Waals surface area (Å²) in [6.07, 6.45) is 6.58. The van der Waals surface area contributed by atoms with Crippen LogP contribution >= 0.6 is 0 Å². The lowest BCUT2D eigenvalue weighted by Crippen LogP contribution is -2.50. The van der Waals surface area contributed by atoms with Crippen LogP contribution in [0.5, 0.6) is 0 Å². The Kier molecular flexibility index (Phi) is 4.25. The summed E-state index contributed by atoms with van der Waals surface area (Å²) in [5, 5.41) is 9.73. The molecule has 1 aliphatic carbocycles. The molecule has 2 heterocycles. The van der Waals surface area contributed by atoms with Gasteiger partial charge < -0.3 is 14.9 Å². The van der Waals surface area contributed by atoms with Crippen molar-refractivity contribution < 1.29 is 9.90 Å². The number of rotatable bonds is 2. The fourth-order valence-corrected chi connectivity index (χ4v) is 4.94. The molecular weight excluding hydrogens is 300 g/mol. The van der Waals surface area contributed by atoms with Crippen molar-refractivity contribution in [2.45, 2.75) is 57.1 Å². The quantitative estimate of drug-likeness (QED) is 0.908. The monoisotopic (exact) mass is 328 g/mol. The van der Waals surface area contributed by atoms with E-state index in [-0.39, 0.29) is 11.5 Å². The highest BCUT2D eigenvalue weighted by Gasteiger charge is 2.50. The number of hydrogen-bond acceptors (Lipinski definition) is 3. The molecule has 1 spiro atoms. The van der Waals surface area contributed by atoms with E-state index in [9.17, 15) is 9.90 Å². The Morgan fingerprint density at radius 2 is 1.75 bits per heavy atom. The molecule has 24 heavy (non-hydrogen) atoms. The number of aliphatic hydroxyl groups excluding tert-OH is 1. The third-order valence-electron chi connectivity index (χ3n) is 6.35. The molecule has 3 fully saturated rings. The van der Waals surface area contributed by atoms with Gasteiger partial charge in [0.2, 0.25) is 5.91 Å². The van der Waals surface area contributed by atoms with Crippen LogP contribution in [-0.4, -0.2) is 47.7 Å². The van der Waals surface area contributed by atoms with E-state index in [2.05, 4.69) is 34.1 Å². The second-order valence-corrected chi connectivity index (χ2v) is 7.85. The van der Waals surface area contributed by atoms with Gasteiger partial charge in [0.25, 0.3) is 0 Å². The van der Waals surface area contributed by atoms with Crippen LogP contribution < -0.4 is 4.90 Å². The van der Waals surface area contributed by atoms with Crippen molar-refractivity contribution in [3.8, 4) is 0 Å². The van der Waals surface area contributed by atoms with Gasteiger partial charge in [-0.3, -0.25) is 4.79 Å². The molecule has 2 saturated heterocycles. The number of piperidine rings is 1. The molecule has 0 radical (unpaired) electrons. The second-order valence-electron chi connectivity index (χ2n) is 7.85. The topological polar surface area (TPSA) is 43.8 Å². The molecule has 4 rings (SSSR count). The molecule has 2 aliphatic heterocycles. The molecule has 130 valence electrons. The lowest BCUT2D eigenvalue weighted by Gasteiger charge is -2.41. The average molecular weight is 328 g/mol. The van der Waals surface area contributed by atoms with Gasteiger partial charge in [-0.25, -0.2) is 0 Å². The molecule has 1 N–H and O–H groups in total. The van der Waals surface area contributed by atoms with Crippen LogP contribution in [0.2, 0.25) is 0 Å². The van der Waals surface area contributed by atoms with Crippen LogP contribution in [0.1, 0.15) is 44.9 Å². The van der Waals surface area contributed by atoms with Crippen LogP contribution in [-0.2, 0) is 4.79 Å². The lowest BCUT2D eigenvalue weighted by molar-refractivity contribution is -0.139. The Hall–Kier alpha value is -1.55. The smallest absolute Gasteiger partial charge is 0.230 e. The summed E-state index contributed by atoms with van der Waals surface area (Å²) in [6.45, 7) is 2.82. The number of nitrogens with zero attached hydrogens (tertiary/aromatic N) is 2. The fourth-order valence-electron chi connectivity index (χ4n) is 4.94. The van der Waals surface area contributed by atoms with E-state index in [1.165, 1.54) is 5.69 Å². The van der Waals surface area contributed by atoms with Crippen molar-refractivity contribution in [3.63, 3.8) is 0 Å². The zero-order valence-corrected chi connectivity index (χ0v) is 14.4. The molecule has 4 nitrogen and oxygen atoms in total. The number of carbonyl (C=O) groups excluding carboxylic acids is 1. The summed E-state index contributed by atoms with van der Waals surface area (Å²) in [7, 11) is 0. The maximum atomic E-state index is 13.3. The highest BCUT2D eigenvalue weighted by Crippen LogP contribution is 2.43. The van der Waals surface area contributed by atoms with E-state index in [0.717, 1.165) is 64.6 Å². The van der Waals surface area contributed by atoms with Gasteiger partial charge in [0.05, 0.1) is 11.5 Å². The van der Waals surface area contributed by atoms with Crippen LogP contribution in [0.15, 0.2) is 30.3 Å². The largest absolute Gasteiger partial charge is 0.393 e. The molecule has 1 saturated carbocycles. The summed E-state index contributed by atoms with van der Waals surface area (Å²) in [5.41, 5.74) is 1.06. The number of amides is 1. The highest BCUT2D eigenvalue weighted by molar-refractivity contribution is 5.86. The second kappa shape index (κ2) is 6.40. The zero-order chi connectivity index (χ0) is 16.6. The summed E-state index contributed by atoms with van der Waals surface area (Å²) in [5.74, 6) is 0.379. The molecule has 1 atom stereocenters. The minimum atomic E-state index is -0.176. The van der Waals surface area contributed by atoms with Crippen LogP contribution in [0.3, 0.4) is 0 Å². The summed E-state index contributed by atoms with van der Waals surface area (Å²) < 4.78 is 0. The Bertz CT molecular complexity index is 583. The van der Waals surface area contributed by atoms with E-state index < -0.39 is 0 Å². The standard InChI is InChI=1S/C20H28N2O2/c23-18-9-7-17(8-10-18)22-14-12-20(19(22)24)11-4-13-21(15-20)16-5-2-1-3-6-16/h1-3,5-6,17-18,23H,4,7-15H2/t17?,18?,20-/m1/s1. The zero-order valence-electron chi connectivity index (χ0n) is 14.4. The van der Waals surface area contributed by atoms with Crippen LogP contribution in [0.4, 0.5) is 5.69 Å². The normalized spacial score (nSPS) is 34.1. The van der Waals surface area contributed by atoms with Gasteiger partial charge in [0.15, 0.2) is 0 Å². The first-order valence-electron chi connectivity index (χ1n) is 9.47. The van der Waals surface area contributed by atoms with Crippen molar-refractivity contribution >= 4 is 11.6 Å². The lowest BCUT2D eigenvalue weighted by atomic mass is 9.78. The molecule has 0 aromatic heterocycles.